The molecule has 1 aromatic carbocycles. The highest BCUT2D eigenvalue weighted by molar-refractivity contribution is 7.89. The second-order valence-corrected chi connectivity index (χ2v) is 7.96. The number of aliphatic hydroxyl groups excluding tert-OH is 1. The third-order valence-electron chi connectivity index (χ3n) is 4.57. The Morgan fingerprint density at radius 1 is 1.41 bits per heavy atom. The number of benzene rings is 1. The van der Waals surface area contributed by atoms with Crippen molar-refractivity contribution in [1.82, 2.24) is 4.72 Å². The standard InChI is InChI=1S/C15H20N2O4S/c1-11(19)17-7-4-12-8-13(2-3-14(12)17)22(20,21)16-9-15(10-18)5-6-15/h2-3,8,16,18H,4-7,9-10H2,1H3. The number of sulfonamides is 1. The Hall–Kier alpha value is -1.44. The van der Waals surface area contributed by atoms with Crippen molar-refractivity contribution in [3.8, 4) is 0 Å². The van der Waals surface area contributed by atoms with Gasteiger partial charge in [0.05, 0.1) is 4.90 Å². The van der Waals surface area contributed by atoms with Gasteiger partial charge in [-0.05, 0) is 43.0 Å². The Morgan fingerprint density at radius 2 is 2.14 bits per heavy atom. The van der Waals surface area contributed by atoms with Crippen LogP contribution in [0.3, 0.4) is 0 Å². The van der Waals surface area contributed by atoms with Crippen LogP contribution >= 0.6 is 0 Å². The van der Waals surface area contributed by atoms with Crippen molar-refractivity contribution in [2.45, 2.75) is 31.1 Å². The van der Waals surface area contributed by atoms with Crippen LogP contribution in [0.15, 0.2) is 23.1 Å². The Morgan fingerprint density at radius 3 is 2.73 bits per heavy atom. The molecule has 2 aliphatic rings. The number of rotatable bonds is 5. The maximum absolute atomic E-state index is 12.4. The highest BCUT2D eigenvalue weighted by Gasteiger charge is 2.42. The van der Waals surface area contributed by atoms with E-state index in [-0.39, 0.29) is 29.4 Å². The molecule has 1 saturated carbocycles. The van der Waals surface area contributed by atoms with Crippen LogP contribution in [0, 0.1) is 5.41 Å². The lowest BCUT2D eigenvalue weighted by atomic mass is 10.1. The summed E-state index contributed by atoms with van der Waals surface area (Å²) in [6, 6.07) is 4.86. The summed E-state index contributed by atoms with van der Waals surface area (Å²) in [4.78, 5) is 13.4. The maximum Gasteiger partial charge on any atom is 0.240 e. The van der Waals surface area contributed by atoms with Crippen molar-refractivity contribution >= 4 is 21.6 Å². The lowest BCUT2D eigenvalue weighted by Crippen LogP contribution is -2.32. The molecule has 1 aliphatic heterocycles. The molecule has 120 valence electrons. The zero-order valence-electron chi connectivity index (χ0n) is 12.5. The first-order chi connectivity index (χ1) is 10.4. The van der Waals surface area contributed by atoms with E-state index in [1.165, 1.54) is 13.0 Å². The summed E-state index contributed by atoms with van der Waals surface area (Å²) in [6.45, 7) is 2.37. The molecule has 1 aromatic rings. The fraction of sp³-hybridized carbons (Fsp3) is 0.533. The number of nitrogens with one attached hydrogen (secondary N) is 1. The minimum Gasteiger partial charge on any atom is -0.396 e. The second-order valence-electron chi connectivity index (χ2n) is 6.19. The number of aliphatic hydroxyl groups is 1. The smallest absolute Gasteiger partial charge is 0.240 e. The van der Waals surface area contributed by atoms with E-state index in [9.17, 15) is 18.3 Å². The van der Waals surface area contributed by atoms with Gasteiger partial charge in [-0.15, -0.1) is 0 Å². The lowest BCUT2D eigenvalue weighted by molar-refractivity contribution is -0.116. The van der Waals surface area contributed by atoms with Crippen LogP contribution in [-0.2, 0) is 21.2 Å². The maximum atomic E-state index is 12.4. The van der Waals surface area contributed by atoms with E-state index in [0.29, 0.717) is 13.0 Å². The zero-order chi connectivity index (χ0) is 16.0. The van der Waals surface area contributed by atoms with Crippen LogP contribution in [0.2, 0.25) is 0 Å². The number of anilines is 1. The van der Waals surface area contributed by atoms with Crippen LogP contribution in [0.4, 0.5) is 5.69 Å². The number of carbonyl (C=O) groups excluding carboxylic acids is 1. The molecule has 0 unspecified atom stereocenters. The number of nitrogens with zero attached hydrogens (tertiary/aromatic N) is 1. The highest BCUT2D eigenvalue weighted by Crippen LogP contribution is 2.44. The van der Waals surface area contributed by atoms with Crippen LogP contribution in [0.1, 0.15) is 25.3 Å². The fourth-order valence-electron chi connectivity index (χ4n) is 2.77. The summed E-state index contributed by atoms with van der Waals surface area (Å²) in [5, 5.41) is 9.26. The second kappa shape index (κ2) is 5.33. The Labute approximate surface area is 130 Å². The lowest BCUT2D eigenvalue weighted by Gasteiger charge is -2.16. The van der Waals surface area contributed by atoms with Gasteiger partial charge in [-0.25, -0.2) is 13.1 Å². The van der Waals surface area contributed by atoms with Gasteiger partial charge in [-0.1, -0.05) is 0 Å². The number of fused-ring (bicyclic) bond motifs is 1. The molecule has 1 aliphatic carbocycles. The summed E-state index contributed by atoms with van der Waals surface area (Å²) in [7, 11) is -3.59. The summed E-state index contributed by atoms with van der Waals surface area (Å²) in [6.07, 6.45) is 2.37. The minimum absolute atomic E-state index is 0.00722. The Kier molecular flexibility index (Phi) is 3.74. The number of amides is 1. The average Bonchev–Trinajstić information content (AvgIpc) is 3.15. The number of hydrogen-bond donors (Lipinski definition) is 2. The predicted molar refractivity (Wildman–Crippen MR) is 82.1 cm³/mol. The molecule has 1 fully saturated rings. The van der Waals surface area contributed by atoms with Gasteiger partial charge < -0.3 is 10.0 Å². The Balaban J connectivity index is 1.79. The van der Waals surface area contributed by atoms with Gasteiger partial charge in [0, 0.05) is 37.7 Å². The van der Waals surface area contributed by atoms with Crippen molar-refractivity contribution in [2.24, 2.45) is 5.41 Å². The van der Waals surface area contributed by atoms with Crippen molar-refractivity contribution in [3.63, 3.8) is 0 Å². The topological polar surface area (TPSA) is 86.7 Å². The van der Waals surface area contributed by atoms with Gasteiger partial charge in [0.2, 0.25) is 15.9 Å². The van der Waals surface area contributed by atoms with E-state index in [0.717, 1.165) is 24.1 Å². The average molecular weight is 324 g/mol. The van der Waals surface area contributed by atoms with Crippen LogP contribution in [0.5, 0.6) is 0 Å². The molecule has 1 amide bonds. The first-order valence-corrected chi connectivity index (χ1v) is 8.87. The quantitative estimate of drug-likeness (QED) is 0.832. The van der Waals surface area contributed by atoms with Crippen molar-refractivity contribution < 1.29 is 18.3 Å². The van der Waals surface area contributed by atoms with E-state index in [2.05, 4.69) is 4.72 Å². The van der Waals surface area contributed by atoms with Gasteiger partial charge in [-0.2, -0.15) is 0 Å². The summed E-state index contributed by atoms with van der Waals surface area (Å²) >= 11 is 0. The minimum atomic E-state index is -3.59. The monoisotopic (exact) mass is 324 g/mol. The van der Waals surface area contributed by atoms with Crippen molar-refractivity contribution in [1.29, 1.82) is 0 Å². The fourth-order valence-corrected chi connectivity index (χ4v) is 3.98. The van der Waals surface area contributed by atoms with Crippen molar-refractivity contribution in [2.75, 3.05) is 24.6 Å². The van der Waals surface area contributed by atoms with Crippen LogP contribution in [-0.4, -0.2) is 39.1 Å². The molecule has 1 heterocycles. The van der Waals surface area contributed by atoms with Gasteiger partial charge in [-0.3, -0.25) is 4.79 Å². The molecule has 22 heavy (non-hydrogen) atoms. The molecule has 3 rings (SSSR count). The van der Waals surface area contributed by atoms with Gasteiger partial charge in [0.1, 0.15) is 0 Å². The third-order valence-corrected chi connectivity index (χ3v) is 5.97. The molecule has 0 saturated heterocycles. The molecule has 0 radical (unpaired) electrons. The van der Waals surface area contributed by atoms with Gasteiger partial charge in [0.15, 0.2) is 0 Å². The van der Waals surface area contributed by atoms with E-state index in [1.54, 1.807) is 17.0 Å². The molecule has 0 bridgehead atoms. The zero-order valence-corrected chi connectivity index (χ0v) is 13.3. The first kappa shape index (κ1) is 15.5. The van der Waals surface area contributed by atoms with E-state index in [4.69, 9.17) is 0 Å². The largest absolute Gasteiger partial charge is 0.396 e. The summed E-state index contributed by atoms with van der Waals surface area (Å²) < 4.78 is 27.3. The molecule has 6 nitrogen and oxygen atoms in total. The molecule has 7 heteroatoms. The molecule has 0 atom stereocenters. The van der Waals surface area contributed by atoms with E-state index >= 15 is 0 Å². The van der Waals surface area contributed by atoms with E-state index in [1.807, 2.05) is 0 Å². The summed E-state index contributed by atoms with van der Waals surface area (Å²) in [5.74, 6) is -0.0360. The van der Waals surface area contributed by atoms with Gasteiger partial charge in [0.25, 0.3) is 0 Å². The van der Waals surface area contributed by atoms with Crippen molar-refractivity contribution in [3.05, 3.63) is 23.8 Å². The molecular formula is C15H20N2O4S. The summed E-state index contributed by atoms with van der Waals surface area (Å²) in [5.41, 5.74) is 1.40. The first-order valence-electron chi connectivity index (χ1n) is 7.38. The van der Waals surface area contributed by atoms with Crippen LogP contribution < -0.4 is 9.62 Å². The normalized spacial score (nSPS) is 19.1. The molecule has 0 spiro atoms. The molecule has 2 N–H and O–H groups in total. The van der Waals surface area contributed by atoms with Gasteiger partial charge >= 0.3 is 0 Å². The number of carbonyl (C=O) groups is 1. The number of hydrogen-bond acceptors (Lipinski definition) is 4. The van der Waals surface area contributed by atoms with E-state index < -0.39 is 10.0 Å². The predicted octanol–water partition coefficient (Wildman–Crippen LogP) is 0.646. The van der Waals surface area contributed by atoms with Crippen LogP contribution in [0.25, 0.3) is 0 Å². The highest BCUT2D eigenvalue weighted by atomic mass is 32.2. The third kappa shape index (κ3) is 2.76. The SMILES string of the molecule is CC(=O)N1CCc2cc(S(=O)(=O)NCC3(CO)CC3)ccc21. The Bertz CT molecular complexity index is 710. The molecular weight excluding hydrogens is 304 g/mol. The molecule has 0 aromatic heterocycles.